The van der Waals surface area contributed by atoms with Crippen LogP contribution in [0, 0.1) is 11.8 Å². The average Bonchev–Trinajstić information content (AvgIpc) is 3.01. The number of hydrogen-bond acceptors (Lipinski definition) is 4. The van der Waals surface area contributed by atoms with E-state index in [0.29, 0.717) is 19.3 Å². The molecule has 0 aromatic rings. The third kappa shape index (κ3) is 10.2. The Labute approximate surface area is 163 Å². The fourth-order valence-corrected chi connectivity index (χ4v) is 3.01. The number of carbonyl (C=O) groups excluding carboxylic acids is 2. The van der Waals surface area contributed by atoms with Crippen molar-refractivity contribution in [2.75, 3.05) is 6.61 Å². The Bertz CT molecular complexity index is 557. The second-order valence-corrected chi connectivity index (χ2v) is 7.04. The molecule has 0 aromatic carbocycles. The molecule has 0 radical (unpaired) electrons. The highest BCUT2D eigenvalue weighted by atomic mass is 16.3. The lowest BCUT2D eigenvalue weighted by Gasteiger charge is -2.12. The largest absolute Gasteiger partial charge is 0.389 e. The van der Waals surface area contributed by atoms with Crippen LogP contribution in [0.1, 0.15) is 58.3 Å². The van der Waals surface area contributed by atoms with Gasteiger partial charge in [-0.3, -0.25) is 9.59 Å². The summed E-state index contributed by atoms with van der Waals surface area (Å²) in [6, 6.07) is 0. The van der Waals surface area contributed by atoms with Gasteiger partial charge in [0.2, 0.25) is 0 Å². The molecule has 150 valence electrons. The number of unbranched alkanes of at least 4 members (excludes halogenated alkanes) is 3. The zero-order valence-corrected chi connectivity index (χ0v) is 16.4. The Morgan fingerprint density at radius 1 is 1.19 bits per heavy atom. The Morgan fingerprint density at radius 3 is 2.70 bits per heavy atom. The number of ketones is 2. The lowest BCUT2D eigenvalue weighted by Crippen LogP contribution is -2.13. The van der Waals surface area contributed by atoms with Crippen LogP contribution in [0.5, 0.6) is 0 Å². The highest BCUT2D eigenvalue weighted by Gasteiger charge is 2.26. The second kappa shape index (κ2) is 14.3. The van der Waals surface area contributed by atoms with E-state index in [0.717, 1.165) is 32.1 Å². The van der Waals surface area contributed by atoms with E-state index in [-0.39, 0.29) is 30.0 Å². The molecule has 4 heteroatoms. The van der Waals surface area contributed by atoms with Crippen LogP contribution in [0.2, 0.25) is 0 Å². The van der Waals surface area contributed by atoms with Crippen molar-refractivity contribution >= 4 is 11.6 Å². The summed E-state index contributed by atoms with van der Waals surface area (Å²) in [7, 11) is 0. The normalized spacial score (nSPS) is 21.2. The van der Waals surface area contributed by atoms with Gasteiger partial charge in [-0.15, -0.1) is 0 Å². The third-order valence-electron chi connectivity index (χ3n) is 4.69. The van der Waals surface area contributed by atoms with E-state index in [4.69, 9.17) is 5.11 Å². The van der Waals surface area contributed by atoms with E-state index in [9.17, 15) is 14.7 Å². The molecular formula is C23H34O4. The predicted molar refractivity (Wildman–Crippen MR) is 109 cm³/mol. The van der Waals surface area contributed by atoms with E-state index < -0.39 is 6.10 Å². The van der Waals surface area contributed by atoms with Gasteiger partial charge in [0.1, 0.15) is 6.61 Å². The molecule has 0 heterocycles. The SMILES string of the molecule is CCCCC=CC(O)CC=C[C@H]1C=CC(=O)[C@@H]1CC=CCCCC(=O)CO. The summed E-state index contributed by atoms with van der Waals surface area (Å²) in [4.78, 5) is 23.1. The number of carbonyl (C=O) groups is 2. The van der Waals surface area contributed by atoms with Crippen LogP contribution in [0.15, 0.2) is 48.6 Å². The molecule has 1 aliphatic rings. The van der Waals surface area contributed by atoms with Gasteiger partial charge in [0.25, 0.3) is 0 Å². The lowest BCUT2D eigenvalue weighted by molar-refractivity contribution is -0.121. The maximum Gasteiger partial charge on any atom is 0.159 e. The van der Waals surface area contributed by atoms with Crippen LogP contribution in [0.4, 0.5) is 0 Å². The quantitative estimate of drug-likeness (QED) is 0.355. The maximum absolute atomic E-state index is 12.0. The monoisotopic (exact) mass is 374 g/mol. The van der Waals surface area contributed by atoms with Crippen LogP contribution in [-0.2, 0) is 9.59 Å². The topological polar surface area (TPSA) is 74.6 Å². The smallest absolute Gasteiger partial charge is 0.159 e. The Hall–Kier alpha value is -1.78. The van der Waals surface area contributed by atoms with Gasteiger partial charge < -0.3 is 10.2 Å². The van der Waals surface area contributed by atoms with Crippen molar-refractivity contribution < 1.29 is 19.8 Å². The molecule has 0 aromatic heterocycles. The fourth-order valence-electron chi connectivity index (χ4n) is 3.01. The minimum absolute atomic E-state index is 0.0752. The van der Waals surface area contributed by atoms with Crippen molar-refractivity contribution in [3.63, 3.8) is 0 Å². The molecule has 0 spiro atoms. The van der Waals surface area contributed by atoms with Crippen molar-refractivity contribution in [2.24, 2.45) is 11.8 Å². The highest BCUT2D eigenvalue weighted by Crippen LogP contribution is 2.27. The molecule has 0 saturated carbocycles. The van der Waals surface area contributed by atoms with Crippen LogP contribution < -0.4 is 0 Å². The molecular weight excluding hydrogens is 340 g/mol. The Kier molecular flexibility index (Phi) is 12.3. The van der Waals surface area contributed by atoms with Crippen molar-refractivity contribution in [2.45, 2.75) is 64.4 Å². The van der Waals surface area contributed by atoms with E-state index in [1.807, 2.05) is 42.5 Å². The van der Waals surface area contributed by atoms with Crippen LogP contribution >= 0.6 is 0 Å². The van der Waals surface area contributed by atoms with Crippen LogP contribution in [0.3, 0.4) is 0 Å². The van der Waals surface area contributed by atoms with Gasteiger partial charge in [-0.2, -0.15) is 0 Å². The van der Waals surface area contributed by atoms with Gasteiger partial charge >= 0.3 is 0 Å². The molecule has 3 atom stereocenters. The number of aliphatic hydroxyl groups is 2. The minimum Gasteiger partial charge on any atom is -0.389 e. The highest BCUT2D eigenvalue weighted by molar-refractivity contribution is 5.95. The molecule has 0 fully saturated rings. The zero-order chi connectivity index (χ0) is 19.9. The first-order valence-corrected chi connectivity index (χ1v) is 10.1. The lowest BCUT2D eigenvalue weighted by atomic mass is 9.90. The predicted octanol–water partition coefficient (Wildman–Crippen LogP) is 4.09. The van der Waals surface area contributed by atoms with E-state index >= 15 is 0 Å². The standard InChI is InChI=1S/C23H34O4/c1-2-3-4-7-12-20(25)14-10-11-19-16-17-23(27)22(19)15-9-6-5-8-13-21(26)18-24/h6-7,9-12,16-17,19-20,22,24-25H,2-5,8,13-15,18H2,1H3/t19-,20?,22+/m0/s1. The molecule has 1 rings (SSSR count). The van der Waals surface area contributed by atoms with Gasteiger partial charge in [0, 0.05) is 18.3 Å². The molecule has 0 amide bonds. The number of hydrogen-bond donors (Lipinski definition) is 2. The summed E-state index contributed by atoms with van der Waals surface area (Å²) in [6.07, 6.45) is 21.4. The first kappa shape index (κ1) is 23.3. The molecule has 1 aliphatic carbocycles. The minimum atomic E-state index is -0.473. The summed E-state index contributed by atoms with van der Waals surface area (Å²) in [5, 5.41) is 18.6. The van der Waals surface area contributed by atoms with Gasteiger partial charge in [-0.25, -0.2) is 0 Å². The van der Waals surface area contributed by atoms with Crippen molar-refractivity contribution in [1.82, 2.24) is 0 Å². The average molecular weight is 375 g/mol. The summed E-state index contributed by atoms with van der Waals surface area (Å²) in [6.45, 7) is 1.76. The van der Waals surface area contributed by atoms with Gasteiger partial charge in [0.15, 0.2) is 11.6 Å². The molecule has 0 saturated heterocycles. The molecule has 27 heavy (non-hydrogen) atoms. The van der Waals surface area contributed by atoms with E-state index in [1.165, 1.54) is 0 Å². The molecule has 2 N–H and O–H groups in total. The van der Waals surface area contributed by atoms with Crippen LogP contribution in [0.25, 0.3) is 0 Å². The first-order chi connectivity index (χ1) is 13.1. The fraction of sp³-hybridized carbons (Fsp3) is 0.565. The molecule has 0 aliphatic heterocycles. The molecule has 0 bridgehead atoms. The summed E-state index contributed by atoms with van der Waals surface area (Å²) < 4.78 is 0. The van der Waals surface area contributed by atoms with Crippen LogP contribution in [-0.4, -0.2) is 34.5 Å². The van der Waals surface area contributed by atoms with Crippen molar-refractivity contribution in [3.05, 3.63) is 48.6 Å². The van der Waals surface area contributed by atoms with Gasteiger partial charge in [-0.05, 0) is 38.2 Å². The summed E-state index contributed by atoms with van der Waals surface area (Å²) >= 11 is 0. The van der Waals surface area contributed by atoms with Crippen molar-refractivity contribution in [1.29, 1.82) is 0 Å². The number of aliphatic hydroxyl groups excluding tert-OH is 2. The second-order valence-electron chi connectivity index (χ2n) is 7.04. The van der Waals surface area contributed by atoms with Gasteiger partial charge in [0.05, 0.1) is 6.10 Å². The van der Waals surface area contributed by atoms with E-state index in [1.54, 1.807) is 6.08 Å². The van der Waals surface area contributed by atoms with Gasteiger partial charge in [-0.1, -0.05) is 62.3 Å². The number of Topliss-reactive ketones (excluding diaryl/α,β-unsaturated/α-hetero) is 1. The van der Waals surface area contributed by atoms with Crippen molar-refractivity contribution in [3.8, 4) is 0 Å². The third-order valence-corrected chi connectivity index (χ3v) is 4.69. The summed E-state index contributed by atoms with van der Waals surface area (Å²) in [5.41, 5.74) is 0. The maximum atomic E-state index is 12.0. The molecule has 1 unspecified atom stereocenters. The number of allylic oxidation sites excluding steroid dienone is 6. The number of rotatable bonds is 14. The Balaban J connectivity index is 2.35. The van der Waals surface area contributed by atoms with E-state index in [2.05, 4.69) is 6.92 Å². The zero-order valence-electron chi connectivity index (χ0n) is 16.4. The Morgan fingerprint density at radius 2 is 1.96 bits per heavy atom. The summed E-state index contributed by atoms with van der Waals surface area (Å²) in [5.74, 6) is 0.0131. The molecule has 4 nitrogen and oxygen atoms in total. The first-order valence-electron chi connectivity index (χ1n) is 10.1.